The Kier molecular flexibility index (Phi) is 6.77. The van der Waals surface area contributed by atoms with E-state index in [1.807, 2.05) is 18.2 Å². The lowest BCUT2D eigenvalue weighted by atomic mass is 10.0. The minimum Gasteiger partial charge on any atom is -0.384 e. The first-order valence-electron chi connectivity index (χ1n) is 11.0. The second-order valence-electron chi connectivity index (χ2n) is 8.31. The molecule has 1 saturated heterocycles. The SMILES string of the molecule is CC(Cc1ccccc1)N1CCN(CCc2ccc(-c3cccc(N)n3)cc2)CC1. The van der Waals surface area contributed by atoms with Crippen molar-refractivity contribution in [1.82, 2.24) is 14.8 Å². The van der Waals surface area contributed by atoms with Crippen molar-refractivity contribution in [3.63, 3.8) is 0 Å². The van der Waals surface area contributed by atoms with Gasteiger partial charge in [-0.05, 0) is 43.0 Å². The molecule has 2 heterocycles. The molecule has 2 N–H and O–H groups in total. The van der Waals surface area contributed by atoms with Crippen LogP contribution in [0.4, 0.5) is 5.82 Å². The maximum absolute atomic E-state index is 5.80. The summed E-state index contributed by atoms with van der Waals surface area (Å²) in [6.45, 7) is 8.12. The molecule has 0 saturated carbocycles. The maximum atomic E-state index is 5.80. The molecule has 0 aliphatic carbocycles. The summed E-state index contributed by atoms with van der Waals surface area (Å²) in [5.41, 5.74) is 10.7. The van der Waals surface area contributed by atoms with Crippen LogP contribution >= 0.6 is 0 Å². The highest BCUT2D eigenvalue weighted by molar-refractivity contribution is 5.61. The molecule has 156 valence electrons. The minimum atomic E-state index is 0.564. The Balaban J connectivity index is 1.23. The lowest BCUT2D eigenvalue weighted by Gasteiger charge is -2.38. The molecule has 2 aromatic carbocycles. The van der Waals surface area contributed by atoms with Crippen molar-refractivity contribution in [1.29, 1.82) is 0 Å². The summed E-state index contributed by atoms with van der Waals surface area (Å²) in [7, 11) is 0. The largest absolute Gasteiger partial charge is 0.384 e. The molecule has 0 spiro atoms. The molecule has 1 aliphatic rings. The number of nitrogens with two attached hydrogens (primary N) is 1. The minimum absolute atomic E-state index is 0.564. The number of benzene rings is 2. The maximum Gasteiger partial charge on any atom is 0.124 e. The number of aromatic nitrogens is 1. The van der Waals surface area contributed by atoms with Crippen LogP contribution in [0.2, 0.25) is 0 Å². The Hall–Kier alpha value is -2.69. The lowest BCUT2D eigenvalue weighted by Crippen LogP contribution is -2.50. The summed E-state index contributed by atoms with van der Waals surface area (Å²) in [6, 6.07) is 26.0. The zero-order valence-electron chi connectivity index (χ0n) is 17.9. The van der Waals surface area contributed by atoms with E-state index in [0.29, 0.717) is 11.9 Å². The molecular formula is C26H32N4. The van der Waals surface area contributed by atoms with Gasteiger partial charge in [0.25, 0.3) is 0 Å². The molecule has 0 radical (unpaired) electrons. The number of rotatable bonds is 7. The molecule has 0 bridgehead atoms. The first-order chi connectivity index (χ1) is 14.7. The molecule has 1 fully saturated rings. The number of pyridine rings is 1. The van der Waals surface area contributed by atoms with E-state index in [0.717, 1.165) is 56.8 Å². The molecule has 30 heavy (non-hydrogen) atoms. The number of hydrogen-bond donors (Lipinski definition) is 1. The van der Waals surface area contributed by atoms with Gasteiger partial charge in [0.15, 0.2) is 0 Å². The number of piperazine rings is 1. The number of hydrogen-bond acceptors (Lipinski definition) is 4. The van der Waals surface area contributed by atoms with Crippen LogP contribution in [0.25, 0.3) is 11.3 Å². The molecule has 1 unspecified atom stereocenters. The van der Waals surface area contributed by atoms with Crippen molar-refractivity contribution < 1.29 is 0 Å². The molecule has 4 rings (SSSR count). The van der Waals surface area contributed by atoms with Crippen LogP contribution < -0.4 is 5.73 Å². The molecule has 1 aromatic heterocycles. The van der Waals surface area contributed by atoms with Gasteiger partial charge in [-0.3, -0.25) is 4.90 Å². The van der Waals surface area contributed by atoms with E-state index in [1.54, 1.807) is 0 Å². The summed E-state index contributed by atoms with van der Waals surface area (Å²) in [6.07, 6.45) is 2.22. The molecule has 3 aromatic rings. The Morgan fingerprint density at radius 3 is 2.27 bits per heavy atom. The monoisotopic (exact) mass is 400 g/mol. The van der Waals surface area contributed by atoms with Crippen LogP contribution in [0.1, 0.15) is 18.1 Å². The van der Waals surface area contributed by atoms with Crippen molar-refractivity contribution in [2.45, 2.75) is 25.8 Å². The summed E-state index contributed by atoms with van der Waals surface area (Å²) in [4.78, 5) is 9.64. The summed E-state index contributed by atoms with van der Waals surface area (Å²) < 4.78 is 0. The van der Waals surface area contributed by atoms with Crippen molar-refractivity contribution in [2.75, 3.05) is 38.5 Å². The standard InChI is InChI=1S/C26H32N4/c1-21(20-23-6-3-2-4-7-23)30-18-16-29(17-19-30)15-14-22-10-12-24(13-11-22)25-8-5-9-26(27)28-25/h2-13,21H,14-20H2,1H3,(H2,27,28). The topological polar surface area (TPSA) is 45.4 Å². The normalized spacial score (nSPS) is 16.4. The molecule has 0 amide bonds. The van der Waals surface area contributed by atoms with Gasteiger partial charge in [0, 0.05) is 44.3 Å². The van der Waals surface area contributed by atoms with Gasteiger partial charge in [-0.2, -0.15) is 0 Å². The van der Waals surface area contributed by atoms with Gasteiger partial charge in [-0.25, -0.2) is 4.98 Å². The van der Waals surface area contributed by atoms with E-state index >= 15 is 0 Å². The quantitative estimate of drug-likeness (QED) is 0.648. The Labute approximate surface area is 180 Å². The van der Waals surface area contributed by atoms with E-state index < -0.39 is 0 Å². The third kappa shape index (κ3) is 5.47. The summed E-state index contributed by atoms with van der Waals surface area (Å²) in [5.74, 6) is 0.564. The fraction of sp³-hybridized carbons (Fsp3) is 0.346. The van der Waals surface area contributed by atoms with Crippen LogP contribution in [0.15, 0.2) is 72.8 Å². The van der Waals surface area contributed by atoms with Gasteiger partial charge < -0.3 is 10.6 Å². The third-order valence-electron chi connectivity index (χ3n) is 6.14. The van der Waals surface area contributed by atoms with E-state index in [9.17, 15) is 0 Å². The molecular weight excluding hydrogens is 368 g/mol. The fourth-order valence-corrected chi connectivity index (χ4v) is 4.25. The van der Waals surface area contributed by atoms with Crippen LogP contribution in [-0.2, 0) is 12.8 Å². The lowest BCUT2D eigenvalue weighted by molar-refractivity contribution is 0.103. The van der Waals surface area contributed by atoms with Crippen molar-refractivity contribution in [2.24, 2.45) is 0 Å². The van der Waals surface area contributed by atoms with Gasteiger partial charge in [0.2, 0.25) is 0 Å². The molecule has 1 aliphatic heterocycles. The van der Waals surface area contributed by atoms with E-state index in [-0.39, 0.29) is 0 Å². The highest BCUT2D eigenvalue weighted by Gasteiger charge is 2.21. The summed E-state index contributed by atoms with van der Waals surface area (Å²) in [5, 5.41) is 0. The van der Waals surface area contributed by atoms with Crippen LogP contribution in [0, 0.1) is 0 Å². The smallest absolute Gasteiger partial charge is 0.124 e. The van der Waals surface area contributed by atoms with Gasteiger partial charge in [0.05, 0.1) is 5.69 Å². The highest BCUT2D eigenvalue weighted by Crippen LogP contribution is 2.19. The third-order valence-corrected chi connectivity index (χ3v) is 6.14. The second kappa shape index (κ2) is 9.88. The highest BCUT2D eigenvalue weighted by atomic mass is 15.3. The van der Waals surface area contributed by atoms with E-state index in [4.69, 9.17) is 5.73 Å². The first-order valence-corrected chi connectivity index (χ1v) is 11.0. The Bertz CT molecular complexity index is 915. The average Bonchev–Trinajstić information content (AvgIpc) is 2.79. The zero-order chi connectivity index (χ0) is 20.8. The van der Waals surface area contributed by atoms with E-state index in [2.05, 4.69) is 76.3 Å². The molecule has 1 atom stereocenters. The van der Waals surface area contributed by atoms with Crippen molar-refractivity contribution in [3.8, 4) is 11.3 Å². The van der Waals surface area contributed by atoms with Gasteiger partial charge in [0.1, 0.15) is 5.82 Å². The van der Waals surface area contributed by atoms with Crippen LogP contribution in [-0.4, -0.2) is 53.5 Å². The molecule has 4 heteroatoms. The Morgan fingerprint density at radius 2 is 1.57 bits per heavy atom. The number of nitrogens with zero attached hydrogens (tertiary/aromatic N) is 3. The average molecular weight is 401 g/mol. The molecule has 4 nitrogen and oxygen atoms in total. The Morgan fingerprint density at radius 1 is 0.833 bits per heavy atom. The zero-order valence-corrected chi connectivity index (χ0v) is 17.9. The van der Waals surface area contributed by atoms with Crippen molar-refractivity contribution >= 4 is 5.82 Å². The van der Waals surface area contributed by atoms with Gasteiger partial charge >= 0.3 is 0 Å². The first kappa shape index (κ1) is 20.6. The van der Waals surface area contributed by atoms with Gasteiger partial charge in [-0.1, -0.05) is 60.7 Å². The van der Waals surface area contributed by atoms with Gasteiger partial charge in [-0.15, -0.1) is 0 Å². The van der Waals surface area contributed by atoms with Crippen molar-refractivity contribution in [3.05, 3.63) is 83.9 Å². The van der Waals surface area contributed by atoms with E-state index in [1.165, 1.54) is 11.1 Å². The number of anilines is 1. The fourth-order valence-electron chi connectivity index (χ4n) is 4.25. The van der Waals surface area contributed by atoms with Crippen LogP contribution in [0.3, 0.4) is 0 Å². The predicted molar refractivity (Wildman–Crippen MR) is 125 cm³/mol. The summed E-state index contributed by atoms with van der Waals surface area (Å²) >= 11 is 0. The predicted octanol–water partition coefficient (Wildman–Crippen LogP) is 4.12. The second-order valence-corrected chi connectivity index (χ2v) is 8.31. The van der Waals surface area contributed by atoms with Crippen LogP contribution in [0.5, 0.6) is 0 Å². The number of nitrogen functional groups attached to an aromatic ring is 1.